The van der Waals surface area contributed by atoms with Gasteiger partial charge in [-0.2, -0.15) is 0 Å². The predicted molar refractivity (Wildman–Crippen MR) is 72.2 cm³/mol. The van der Waals surface area contributed by atoms with Gasteiger partial charge in [0, 0.05) is 11.2 Å². The van der Waals surface area contributed by atoms with Gasteiger partial charge < -0.3 is 5.11 Å². The molecule has 0 aliphatic rings. The van der Waals surface area contributed by atoms with E-state index >= 15 is 0 Å². The van der Waals surface area contributed by atoms with E-state index in [0.29, 0.717) is 11.2 Å². The Hall–Kier alpha value is -0.0500. The number of hydrogen-bond donors (Lipinski definition) is 1. The number of hydrogen-bond acceptors (Lipinski definition) is 1. The quantitative estimate of drug-likeness (QED) is 0.440. The third kappa shape index (κ3) is 12.0. The Balaban J connectivity index is 3.01. The minimum atomic E-state index is -0.664. The zero-order chi connectivity index (χ0) is 12.2. The van der Waals surface area contributed by atoms with Crippen molar-refractivity contribution < 1.29 is 9.90 Å². The summed E-state index contributed by atoms with van der Waals surface area (Å²) in [6, 6.07) is 0. The summed E-state index contributed by atoms with van der Waals surface area (Å²) in [6.07, 6.45) is 11.2. The van der Waals surface area contributed by atoms with Crippen molar-refractivity contribution in [2.75, 3.05) is 0 Å². The van der Waals surface area contributed by atoms with Crippen molar-refractivity contribution in [2.24, 2.45) is 0 Å². The molecule has 0 spiro atoms. The molecule has 0 saturated heterocycles. The van der Waals surface area contributed by atoms with Crippen LogP contribution in [-0.4, -0.2) is 15.9 Å². The molecule has 1 unspecified atom stereocenters. The van der Waals surface area contributed by atoms with Gasteiger partial charge in [0.1, 0.15) is 0 Å². The Morgan fingerprint density at radius 3 is 2.06 bits per heavy atom. The Labute approximate surface area is 108 Å². The first-order chi connectivity index (χ1) is 7.66. The van der Waals surface area contributed by atoms with Crippen LogP contribution in [0.5, 0.6) is 0 Å². The lowest BCUT2D eigenvalue weighted by molar-refractivity contribution is -0.137. The van der Waals surface area contributed by atoms with Gasteiger partial charge in [-0.3, -0.25) is 4.79 Å². The second-order valence-electron chi connectivity index (χ2n) is 4.41. The SMILES string of the molecule is CCC(Br)CCCCCCCCCC(=O)O. The lowest BCUT2D eigenvalue weighted by Crippen LogP contribution is -1.94. The largest absolute Gasteiger partial charge is 0.481 e. The maximum absolute atomic E-state index is 10.3. The van der Waals surface area contributed by atoms with E-state index in [1.54, 1.807) is 0 Å². The second kappa shape index (κ2) is 11.4. The van der Waals surface area contributed by atoms with Crippen LogP contribution in [0.4, 0.5) is 0 Å². The van der Waals surface area contributed by atoms with Crippen molar-refractivity contribution in [3.8, 4) is 0 Å². The van der Waals surface area contributed by atoms with Crippen molar-refractivity contribution in [3.63, 3.8) is 0 Å². The van der Waals surface area contributed by atoms with E-state index < -0.39 is 5.97 Å². The first-order valence-electron chi connectivity index (χ1n) is 6.52. The molecular weight excluding hydrogens is 268 g/mol. The van der Waals surface area contributed by atoms with Crippen molar-refractivity contribution >= 4 is 21.9 Å². The van der Waals surface area contributed by atoms with Crippen LogP contribution in [-0.2, 0) is 4.79 Å². The summed E-state index contributed by atoms with van der Waals surface area (Å²) < 4.78 is 0. The van der Waals surface area contributed by atoms with Gasteiger partial charge in [-0.15, -0.1) is 0 Å². The molecule has 2 nitrogen and oxygen atoms in total. The van der Waals surface area contributed by atoms with Crippen LogP contribution >= 0.6 is 15.9 Å². The topological polar surface area (TPSA) is 37.3 Å². The molecule has 96 valence electrons. The number of carbonyl (C=O) groups is 1. The van der Waals surface area contributed by atoms with Gasteiger partial charge in [0.15, 0.2) is 0 Å². The van der Waals surface area contributed by atoms with Crippen LogP contribution in [0, 0.1) is 0 Å². The monoisotopic (exact) mass is 292 g/mol. The van der Waals surface area contributed by atoms with Gasteiger partial charge in [-0.1, -0.05) is 61.4 Å². The van der Waals surface area contributed by atoms with Crippen LogP contribution in [0.15, 0.2) is 0 Å². The summed E-state index contributed by atoms with van der Waals surface area (Å²) in [5, 5.41) is 8.46. The normalized spacial score (nSPS) is 12.6. The van der Waals surface area contributed by atoms with Crippen LogP contribution in [0.1, 0.15) is 71.1 Å². The minimum absolute atomic E-state index is 0.335. The Morgan fingerprint density at radius 1 is 1.06 bits per heavy atom. The van der Waals surface area contributed by atoms with Crippen LogP contribution in [0.2, 0.25) is 0 Å². The summed E-state index contributed by atoms with van der Waals surface area (Å²) >= 11 is 3.64. The lowest BCUT2D eigenvalue weighted by Gasteiger charge is -2.05. The molecule has 0 aliphatic heterocycles. The van der Waals surface area contributed by atoms with Gasteiger partial charge in [0.05, 0.1) is 0 Å². The Morgan fingerprint density at radius 2 is 1.56 bits per heavy atom. The smallest absolute Gasteiger partial charge is 0.303 e. The van der Waals surface area contributed by atoms with E-state index in [-0.39, 0.29) is 0 Å². The fraction of sp³-hybridized carbons (Fsp3) is 0.923. The van der Waals surface area contributed by atoms with E-state index in [1.807, 2.05) is 0 Å². The van der Waals surface area contributed by atoms with E-state index in [2.05, 4.69) is 22.9 Å². The third-order valence-electron chi connectivity index (χ3n) is 2.85. The molecule has 0 aromatic rings. The fourth-order valence-corrected chi connectivity index (χ4v) is 2.05. The molecule has 0 fully saturated rings. The fourth-order valence-electron chi connectivity index (χ4n) is 1.73. The van der Waals surface area contributed by atoms with Crippen LogP contribution < -0.4 is 0 Å². The van der Waals surface area contributed by atoms with Gasteiger partial charge >= 0.3 is 5.97 Å². The maximum Gasteiger partial charge on any atom is 0.303 e. The molecule has 0 aromatic carbocycles. The summed E-state index contributed by atoms with van der Waals surface area (Å²) in [6.45, 7) is 2.21. The molecule has 0 saturated carbocycles. The van der Waals surface area contributed by atoms with Crippen molar-refractivity contribution in [1.29, 1.82) is 0 Å². The number of halogens is 1. The molecule has 0 aliphatic carbocycles. The first kappa shape index (κ1) is 16.0. The van der Waals surface area contributed by atoms with Crippen molar-refractivity contribution in [2.45, 2.75) is 76.0 Å². The Kier molecular flexibility index (Phi) is 11.4. The average molecular weight is 293 g/mol. The van der Waals surface area contributed by atoms with Crippen molar-refractivity contribution in [3.05, 3.63) is 0 Å². The molecule has 0 radical (unpaired) electrons. The average Bonchev–Trinajstić information content (AvgIpc) is 2.26. The molecular formula is C13H25BrO2. The lowest BCUT2D eigenvalue weighted by atomic mass is 10.1. The molecule has 3 heteroatoms. The minimum Gasteiger partial charge on any atom is -0.481 e. The zero-order valence-electron chi connectivity index (χ0n) is 10.4. The zero-order valence-corrected chi connectivity index (χ0v) is 12.0. The van der Waals surface area contributed by atoms with E-state index in [4.69, 9.17) is 5.11 Å². The van der Waals surface area contributed by atoms with Crippen LogP contribution in [0.25, 0.3) is 0 Å². The van der Waals surface area contributed by atoms with Gasteiger partial charge in [-0.05, 0) is 19.3 Å². The number of aliphatic carboxylic acids is 1. The molecule has 0 amide bonds. The summed E-state index contributed by atoms with van der Waals surface area (Å²) in [5.74, 6) is -0.664. The molecule has 1 N–H and O–H groups in total. The summed E-state index contributed by atoms with van der Waals surface area (Å²) in [7, 11) is 0. The van der Waals surface area contributed by atoms with Gasteiger partial charge in [-0.25, -0.2) is 0 Å². The summed E-state index contributed by atoms with van der Waals surface area (Å²) in [4.78, 5) is 11.0. The number of rotatable bonds is 11. The van der Waals surface area contributed by atoms with Crippen LogP contribution in [0.3, 0.4) is 0 Å². The molecule has 0 rings (SSSR count). The molecule has 0 aromatic heterocycles. The highest BCUT2D eigenvalue weighted by Gasteiger charge is 2.00. The number of alkyl halides is 1. The maximum atomic E-state index is 10.3. The molecule has 1 atom stereocenters. The standard InChI is InChI=1S/C13H25BrO2/c1-2-12(14)10-8-6-4-3-5-7-9-11-13(15)16/h12H,2-11H2,1H3,(H,15,16). The molecule has 0 bridgehead atoms. The first-order valence-corrected chi connectivity index (χ1v) is 7.44. The van der Waals surface area contributed by atoms with Crippen molar-refractivity contribution in [1.82, 2.24) is 0 Å². The number of unbranched alkanes of at least 4 members (excludes halogenated alkanes) is 6. The van der Waals surface area contributed by atoms with E-state index in [1.165, 1.54) is 44.9 Å². The number of carboxylic acid groups (broad SMARTS) is 1. The van der Waals surface area contributed by atoms with Gasteiger partial charge in [0.25, 0.3) is 0 Å². The molecule has 0 heterocycles. The van der Waals surface area contributed by atoms with Gasteiger partial charge in [0.2, 0.25) is 0 Å². The Bertz CT molecular complexity index is 171. The predicted octanol–water partition coefficient (Wildman–Crippen LogP) is 4.76. The number of carboxylic acids is 1. The molecule has 16 heavy (non-hydrogen) atoms. The highest BCUT2D eigenvalue weighted by Crippen LogP contribution is 2.15. The third-order valence-corrected chi connectivity index (χ3v) is 3.96. The second-order valence-corrected chi connectivity index (χ2v) is 5.71. The highest BCUT2D eigenvalue weighted by atomic mass is 79.9. The van der Waals surface area contributed by atoms with E-state index in [0.717, 1.165) is 12.8 Å². The highest BCUT2D eigenvalue weighted by molar-refractivity contribution is 9.09. The van der Waals surface area contributed by atoms with E-state index in [9.17, 15) is 4.79 Å². The summed E-state index contributed by atoms with van der Waals surface area (Å²) in [5.41, 5.74) is 0.